The quantitative estimate of drug-likeness (QED) is 0.258. The number of fused-ring (bicyclic) bond motifs is 4. The first kappa shape index (κ1) is 41.2. The summed E-state index contributed by atoms with van der Waals surface area (Å²) in [7, 11) is 1.53. The summed E-state index contributed by atoms with van der Waals surface area (Å²) in [4.78, 5) is 12.1. The van der Waals surface area contributed by atoms with E-state index in [0.717, 1.165) is 0 Å². The van der Waals surface area contributed by atoms with Crippen molar-refractivity contribution in [3.8, 4) is 0 Å². The zero-order valence-corrected chi connectivity index (χ0v) is 32.5. The Balaban J connectivity index is 1.62. The maximum atomic E-state index is 12.5. The van der Waals surface area contributed by atoms with Crippen LogP contribution in [0.5, 0.6) is 0 Å². The molecule has 0 aliphatic carbocycles. The lowest BCUT2D eigenvalue weighted by Gasteiger charge is -2.55. The maximum absolute atomic E-state index is 12.5. The SMILES string of the molecule is CC[C@H]1O[C@]2(O)O[C@H]([C@@H](C)C3OC(C)(C[C@@H]3C)[C@H](O[C@@H]3O[C@H](C)CC(NC(C)=O)C3O)[C@@H](C)[C@H](O[C@H]3CC(C)(OC)[C@@H](O)C(C)O3)[C@H]2C)[C@]1(C)O. The summed E-state index contributed by atoms with van der Waals surface area (Å²) >= 11 is 0. The highest BCUT2D eigenvalue weighted by Gasteiger charge is 2.64. The van der Waals surface area contributed by atoms with Gasteiger partial charge in [-0.2, -0.15) is 0 Å². The molecule has 5 N–H and O–H groups in total. The topological polar surface area (TPSA) is 184 Å². The van der Waals surface area contributed by atoms with Gasteiger partial charge in [0.25, 0.3) is 5.97 Å². The molecule has 14 nitrogen and oxygen atoms in total. The number of aliphatic hydroxyl groups excluding tert-OH is 2. The summed E-state index contributed by atoms with van der Waals surface area (Å²) < 4.78 is 51.8. The van der Waals surface area contributed by atoms with Gasteiger partial charge in [0.05, 0.1) is 65.9 Å². The molecular weight excluding hydrogens is 666 g/mol. The summed E-state index contributed by atoms with van der Waals surface area (Å²) in [5.74, 6) is -4.41. The van der Waals surface area contributed by atoms with Gasteiger partial charge in [0, 0.05) is 32.3 Å². The van der Waals surface area contributed by atoms with Crippen LogP contribution < -0.4 is 5.32 Å². The third-order valence-electron chi connectivity index (χ3n) is 12.7. The first-order valence-corrected chi connectivity index (χ1v) is 18.9. The smallest absolute Gasteiger partial charge is 0.286 e. The number of carbonyl (C=O) groups excluding carboxylic acids is 1. The molecule has 5 saturated heterocycles. The molecule has 0 aromatic carbocycles. The average Bonchev–Trinajstić information content (AvgIpc) is 3.36. The van der Waals surface area contributed by atoms with Crippen molar-refractivity contribution in [3.63, 3.8) is 0 Å². The molecule has 5 heterocycles. The molecule has 20 atom stereocenters. The Morgan fingerprint density at radius 2 is 1.59 bits per heavy atom. The second-order valence-corrected chi connectivity index (χ2v) is 16.9. The Labute approximate surface area is 303 Å². The van der Waals surface area contributed by atoms with Crippen LogP contribution in [0.4, 0.5) is 0 Å². The van der Waals surface area contributed by atoms with E-state index in [0.29, 0.717) is 19.3 Å². The lowest BCUT2D eigenvalue weighted by molar-refractivity contribution is -0.481. The number of rotatable bonds is 7. The van der Waals surface area contributed by atoms with Gasteiger partial charge in [-0.3, -0.25) is 4.79 Å². The van der Waals surface area contributed by atoms with Crippen molar-refractivity contribution in [2.24, 2.45) is 23.7 Å². The minimum Gasteiger partial charge on any atom is -0.387 e. The summed E-state index contributed by atoms with van der Waals surface area (Å²) in [5, 5.41) is 49.8. The highest BCUT2D eigenvalue weighted by atomic mass is 16.8. The number of amides is 1. The molecule has 5 fully saturated rings. The number of carbonyl (C=O) groups is 1. The van der Waals surface area contributed by atoms with Gasteiger partial charge in [0.2, 0.25) is 5.91 Å². The van der Waals surface area contributed by atoms with E-state index >= 15 is 0 Å². The average molecular weight is 732 g/mol. The lowest BCUT2D eigenvalue weighted by Crippen LogP contribution is -2.69. The largest absolute Gasteiger partial charge is 0.387 e. The molecule has 0 aromatic rings. The van der Waals surface area contributed by atoms with Crippen LogP contribution in [0.3, 0.4) is 0 Å². The Morgan fingerprint density at radius 1 is 0.922 bits per heavy atom. The molecule has 5 rings (SSSR count). The van der Waals surface area contributed by atoms with Crippen molar-refractivity contribution in [2.75, 3.05) is 7.11 Å². The number of nitrogens with one attached hydrogen (secondary N) is 1. The number of hydrogen-bond acceptors (Lipinski definition) is 13. The molecule has 51 heavy (non-hydrogen) atoms. The highest BCUT2D eigenvalue weighted by molar-refractivity contribution is 5.73. The molecule has 14 heteroatoms. The van der Waals surface area contributed by atoms with Gasteiger partial charge in [-0.15, -0.1) is 0 Å². The van der Waals surface area contributed by atoms with E-state index in [4.69, 9.17) is 37.9 Å². The van der Waals surface area contributed by atoms with Gasteiger partial charge in [-0.25, -0.2) is 0 Å². The molecule has 5 aliphatic heterocycles. The number of methoxy groups -OCH3 is 1. The predicted molar refractivity (Wildman–Crippen MR) is 183 cm³/mol. The van der Waals surface area contributed by atoms with Gasteiger partial charge < -0.3 is 63.6 Å². The van der Waals surface area contributed by atoms with Gasteiger partial charge in [-0.1, -0.05) is 34.6 Å². The standard InChI is InChI=1S/C37H65NO13/c1-13-25-36(11,42)32-19(4)28-17(2)15-35(10,50-28)31(48-33-27(40)24(38-23(8)39)14-18(3)45-33)20(5)29(21(6)37(43,49-25)51-32)47-26-16-34(9,44-12)30(41)22(7)46-26/h17-22,24-33,40-43H,13-16H2,1-12H3,(H,38,39)/t17-,18+,19-,20-,21+,22?,24?,25+,26-,27?,28?,29-,30-,31+,32+,33-,34?,35?,36+,37-/m0/s1. The molecule has 5 aliphatic rings. The van der Waals surface area contributed by atoms with Crippen LogP contribution in [-0.4, -0.2) is 130 Å². The predicted octanol–water partition coefficient (Wildman–Crippen LogP) is 2.35. The van der Waals surface area contributed by atoms with Crippen molar-refractivity contribution in [1.82, 2.24) is 5.32 Å². The molecule has 4 bridgehead atoms. The van der Waals surface area contributed by atoms with E-state index in [1.54, 1.807) is 27.7 Å². The summed E-state index contributed by atoms with van der Waals surface area (Å²) in [5.41, 5.74) is -3.43. The summed E-state index contributed by atoms with van der Waals surface area (Å²) in [6.07, 6.45) is -7.37. The molecular formula is C37H65NO13. The van der Waals surface area contributed by atoms with Crippen LogP contribution in [0.2, 0.25) is 0 Å². The van der Waals surface area contributed by atoms with Crippen molar-refractivity contribution in [2.45, 2.75) is 198 Å². The van der Waals surface area contributed by atoms with Crippen LogP contribution >= 0.6 is 0 Å². The van der Waals surface area contributed by atoms with Gasteiger partial charge >= 0.3 is 0 Å². The minimum atomic E-state index is -2.21. The van der Waals surface area contributed by atoms with Crippen LogP contribution in [-0.2, 0) is 42.7 Å². The third kappa shape index (κ3) is 7.64. The van der Waals surface area contributed by atoms with Crippen molar-refractivity contribution in [3.05, 3.63) is 0 Å². The van der Waals surface area contributed by atoms with Gasteiger partial charge in [0.1, 0.15) is 17.8 Å². The normalized spacial score (nSPS) is 55.1. The van der Waals surface area contributed by atoms with Crippen molar-refractivity contribution in [1.29, 1.82) is 0 Å². The summed E-state index contributed by atoms with van der Waals surface area (Å²) in [6, 6.07) is -0.602. The fourth-order valence-corrected chi connectivity index (χ4v) is 9.78. The van der Waals surface area contributed by atoms with E-state index in [1.165, 1.54) is 14.0 Å². The number of aliphatic hydroxyl groups is 4. The molecule has 0 spiro atoms. The Morgan fingerprint density at radius 3 is 2.20 bits per heavy atom. The van der Waals surface area contributed by atoms with Crippen molar-refractivity contribution >= 4 is 5.91 Å². The van der Waals surface area contributed by atoms with E-state index in [1.807, 2.05) is 34.6 Å². The van der Waals surface area contributed by atoms with Crippen LogP contribution in [0, 0.1) is 23.7 Å². The van der Waals surface area contributed by atoms with E-state index in [9.17, 15) is 25.2 Å². The van der Waals surface area contributed by atoms with Crippen LogP contribution in [0.1, 0.15) is 102 Å². The van der Waals surface area contributed by atoms with Crippen molar-refractivity contribution < 1.29 is 63.1 Å². The maximum Gasteiger partial charge on any atom is 0.286 e. The highest BCUT2D eigenvalue weighted by Crippen LogP contribution is 2.52. The van der Waals surface area contributed by atoms with E-state index < -0.39 is 108 Å². The van der Waals surface area contributed by atoms with Gasteiger partial charge in [0.15, 0.2) is 12.6 Å². The molecule has 0 aromatic heterocycles. The van der Waals surface area contributed by atoms with E-state index in [-0.39, 0.29) is 24.3 Å². The Bertz CT molecular complexity index is 1220. The molecule has 0 saturated carbocycles. The van der Waals surface area contributed by atoms with Crippen LogP contribution in [0.25, 0.3) is 0 Å². The molecule has 0 radical (unpaired) electrons. The second-order valence-electron chi connectivity index (χ2n) is 16.9. The number of ether oxygens (including phenoxy) is 8. The second kappa shape index (κ2) is 14.9. The monoisotopic (exact) mass is 731 g/mol. The fourth-order valence-electron chi connectivity index (χ4n) is 9.78. The number of hydrogen-bond donors (Lipinski definition) is 5. The zero-order valence-electron chi connectivity index (χ0n) is 32.5. The first-order chi connectivity index (χ1) is 23.6. The van der Waals surface area contributed by atoms with E-state index in [2.05, 4.69) is 12.2 Å². The minimum absolute atomic E-state index is 0.0235. The fraction of sp³-hybridized carbons (Fsp3) is 0.973. The summed E-state index contributed by atoms with van der Waals surface area (Å²) in [6.45, 7) is 20.1. The lowest BCUT2D eigenvalue weighted by atomic mass is 9.74. The van der Waals surface area contributed by atoms with Gasteiger partial charge in [-0.05, 0) is 59.8 Å². The Kier molecular flexibility index (Phi) is 12.0. The first-order valence-electron chi connectivity index (χ1n) is 18.9. The molecule has 1 amide bonds. The molecule has 6 unspecified atom stereocenters. The molecule has 296 valence electrons. The van der Waals surface area contributed by atoms with Crippen LogP contribution in [0.15, 0.2) is 0 Å². The zero-order chi connectivity index (χ0) is 38.0. The Hall–Kier alpha value is -1.01. The third-order valence-corrected chi connectivity index (χ3v) is 12.7.